The molecule has 0 spiro atoms. The number of ether oxygens (including phenoxy) is 1. The molecule has 0 saturated heterocycles. The molecule has 4 nitrogen and oxygen atoms in total. The average molecular weight is 247 g/mol. The van der Waals surface area contributed by atoms with Crippen LogP contribution in [0.1, 0.15) is 11.3 Å². The number of aryl methyl sites for hydroxylation is 1. The molecular weight excluding hydrogens is 234 g/mol. The van der Waals surface area contributed by atoms with Crippen molar-refractivity contribution in [3.05, 3.63) is 40.3 Å². The Kier molecular flexibility index (Phi) is 3.61. The second-order valence-electron chi connectivity index (χ2n) is 3.74. The fraction of sp³-hybridized carbons (Fsp3) is 0.250. The summed E-state index contributed by atoms with van der Waals surface area (Å²) in [5.74, 6) is 0.674. The Morgan fingerprint density at radius 2 is 2.24 bits per heavy atom. The first-order chi connectivity index (χ1) is 8.19. The van der Waals surface area contributed by atoms with Gasteiger partial charge in [-0.05, 0) is 30.7 Å². The molecule has 2 aromatic rings. The van der Waals surface area contributed by atoms with Crippen molar-refractivity contribution in [2.75, 3.05) is 7.11 Å². The maximum Gasteiger partial charge on any atom is 0.157 e. The zero-order valence-electron chi connectivity index (χ0n) is 9.73. The Morgan fingerprint density at radius 3 is 2.94 bits per heavy atom. The first kappa shape index (κ1) is 11.9. The summed E-state index contributed by atoms with van der Waals surface area (Å²) in [4.78, 5) is 11.7. The van der Waals surface area contributed by atoms with Crippen molar-refractivity contribution in [2.45, 2.75) is 13.5 Å². The van der Waals surface area contributed by atoms with E-state index >= 15 is 0 Å². The van der Waals surface area contributed by atoms with Crippen LogP contribution in [0.15, 0.2) is 24.4 Å². The van der Waals surface area contributed by atoms with Gasteiger partial charge in [0.05, 0.1) is 6.61 Å². The molecular formula is C12H13N3OS. The van der Waals surface area contributed by atoms with E-state index in [0.29, 0.717) is 17.1 Å². The lowest BCUT2D eigenvalue weighted by Crippen LogP contribution is -1.98. The minimum Gasteiger partial charge on any atom is -0.378 e. The van der Waals surface area contributed by atoms with Crippen molar-refractivity contribution >= 4 is 12.2 Å². The van der Waals surface area contributed by atoms with Crippen LogP contribution in [0.2, 0.25) is 0 Å². The maximum atomic E-state index is 5.12. The smallest absolute Gasteiger partial charge is 0.157 e. The zero-order chi connectivity index (χ0) is 12.3. The van der Waals surface area contributed by atoms with Crippen LogP contribution in [-0.4, -0.2) is 22.1 Å². The highest BCUT2D eigenvalue weighted by Crippen LogP contribution is 2.13. The number of hydrogen-bond acceptors (Lipinski definition) is 4. The van der Waals surface area contributed by atoms with Gasteiger partial charge in [0.1, 0.15) is 10.3 Å². The van der Waals surface area contributed by atoms with Crippen molar-refractivity contribution in [3.63, 3.8) is 0 Å². The van der Waals surface area contributed by atoms with Crippen molar-refractivity contribution < 1.29 is 4.74 Å². The molecule has 0 unspecified atom stereocenters. The third kappa shape index (κ3) is 2.95. The van der Waals surface area contributed by atoms with Crippen LogP contribution >= 0.6 is 12.2 Å². The summed E-state index contributed by atoms with van der Waals surface area (Å²) in [6.07, 6.45) is 1.76. The summed E-state index contributed by atoms with van der Waals surface area (Å²) < 4.78 is 5.61. The number of rotatable bonds is 3. The standard InChI is InChI=1S/C12H13N3OS/c1-8-3-4-13-10(5-8)12-14-9(7-16-2)6-11(17)15-12/h3-6H,7H2,1-2H3,(H,14,15,17). The van der Waals surface area contributed by atoms with Crippen molar-refractivity contribution in [1.82, 2.24) is 15.0 Å². The third-order valence-electron chi connectivity index (χ3n) is 2.26. The summed E-state index contributed by atoms with van der Waals surface area (Å²) in [6, 6.07) is 5.69. The molecule has 2 aromatic heterocycles. The Morgan fingerprint density at radius 1 is 1.41 bits per heavy atom. The summed E-state index contributed by atoms with van der Waals surface area (Å²) in [6.45, 7) is 2.49. The molecule has 0 aromatic carbocycles. The van der Waals surface area contributed by atoms with Crippen LogP contribution in [0.4, 0.5) is 0 Å². The highest BCUT2D eigenvalue weighted by Gasteiger charge is 2.03. The van der Waals surface area contributed by atoms with Gasteiger partial charge >= 0.3 is 0 Å². The minimum absolute atomic E-state index is 0.477. The lowest BCUT2D eigenvalue weighted by atomic mass is 10.2. The van der Waals surface area contributed by atoms with Gasteiger partial charge in [-0.25, -0.2) is 4.98 Å². The average Bonchev–Trinajstić information content (AvgIpc) is 2.28. The maximum absolute atomic E-state index is 5.12. The molecule has 88 valence electrons. The molecule has 0 fully saturated rings. The number of pyridine rings is 1. The van der Waals surface area contributed by atoms with Gasteiger partial charge in [-0.15, -0.1) is 0 Å². The van der Waals surface area contributed by atoms with E-state index in [9.17, 15) is 0 Å². The Labute approximate surface area is 105 Å². The van der Waals surface area contributed by atoms with Gasteiger partial charge in [-0.2, -0.15) is 0 Å². The van der Waals surface area contributed by atoms with E-state index in [1.165, 1.54) is 0 Å². The van der Waals surface area contributed by atoms with E-state index in [4.69, 9.17) is 17.0 Å². The molecule has 2 heterocycles. The van der Waals surface area contributed by atoms with Crippen molar-refractivity contribution in [2.24, 2.45) is 0 Å². The number of H-pyrrole nitrogens is 1. The van der Waals surface area contributed by atoms with Gasteiger partial charge in [0.2, 0.25) is 0 Å². The predicted octanol–water partition coefficient (Wildman–Crippen LogP) is 2.66. The SMILES string of the molecule is COCc1cc(=S)nc(-c2cc(C)ccn2)[nH]1. The van der Waals surface area contributed by atoms with Crippen LogP contribution in [-0.2, 0) is 11.3 Å². The topological polar surface area (TPSA) is 50.8 Å². The summed E-state index contributed by atoms with van der Waals surface area (Å²) >= 11 is 5.12. The molecule has 0 amide bonds. The fourth-order valence-corrected chi connectivity index (χ4v) is 1.76. The van der Waals surface area contributed by atoms with E-state index in [0.717, 1.165) is 17.0 Å². The van der Waals surface area contributed by atoms with E-state index in [1.54, 1.807) is 19.4 Å². The Bertz CT molecular complexity index is 580. The molecule has 5 heteroatoms. The first-order valence-electron chi connectivity index (χ1n) is 5.21. The fourth-order valence-electron chi connectivity index (χ4n) is 1.53. The second kappa shape index (κ2) is 5.16. The van der Waals surface area contributed by atoms with Crippen LogP contribution < -0.4 is 0 Å². The first-order valence-corrected chi connectivity index (χ1v) is 5.62. The molecule has 0 aliphatic heterocycles. The summed E-state index contributed by atoms with van der Waals surface area (Å²) in [5, 5.41) is 0. The van der Waals surface area contributed by atoms with E-state index < -0.39 is 0 Å². The van der Waals surface area contributed by atoms with Crippen molar-refractivity contribution in [3.8, 4) is 11.5 Å². The number of nitrogens with zero attached hydrogens (tertiary/aromatic N) is 2. The molecule has 0 radical (unpaired) electrons. The van der Waals surface area contributed by atoms with Crippen molar-refractivity contribution in [1.29, 1.82) is 0 Å². The highest BCUT2D eigenvalue weighted by atomic mass is 32.1. The number of nitrogens with one attached hydrogen (secondary N) is 1. The number of aromatic amines is 1. The number of methoxy groups -OCH3 is 1. The molecule has 0 bridgehead atoms. The number of aromatic nitrogens is 3. The molecule has 0 aliphatic carbocycles. The zero-order valence-corrected chi connectivity index (χ0v) is 10.5. The second-order valence-corrected chi connectivity index (χ2v) is 4.16. The van der Waals surface area contributed by atoms with Gasteiger partial charge in [0, 0.05) is 19.0 Å². The molecule has 0 atom stereocenters. The summed E-state index contributed by atoms with van der Waals surface area (Å²) in [5.41, 5.74) is 2.81. The normalized spacial score (nSPS) is 10.5. The monoisotopic (exact) mass is 247 g/mol. The lowest BCUT2D eigenvalue weighted by molar-refractivity contribution is 0.181. The minimum atomic E-state index is 0.477. The Balaban J connectivity index is 2.48. The quantitative estimate of drug-likeness (QED) is 0.847. The van der Waals surface area contributed by atoms with Gasteiger partial charge in [0.25, 0.3) is 0 Å². The van der Waals surface area contributed by atoms with Crippen LogP contribution in [0, 0.1) is 11.6 Å². The van der Waals surface area contributed by atoms with E-state index in [-0.39, 0.29) is 0 Å². The molecule has 0 aliphatic rings. The predicted molar refractivity (Wildman–Crippen MR) is 68.1 cm³/mol. The van der Waals surface area contributed by atoms with E-state index in [2.05, 4.69) is 15.0 Å². The van der Waals surface area contributed by atoms with Gasteiger partial charge in [0.15, 0.2) is 5.82 Å². The van der Waals surface area contributed by atoms with Gasteiger partial charge in [-0.3, -0.25) is 4.98 Å². The van der Waals surface area contributed by atoms with Crippen LogP contribution in [0.3, 0.4) is 0 Å². The molecule has 0 saturated carbocycles. The molecule has 17 heavy (non-hydrogen) atoms. The number of hydrogen-bond donors (Lipinski definition) is 1. The highest BCUT2D eigenvalue weighted by molar-refractivity contribution is 7.71. The lowest BCUT2D eigenvalue weighted by Gasteiger charge is -2.05. The van der Waals surface area contributed by atoms with E-state index in [1.807, 2.05) is 19.1 Å². The molecule has 1 N–H and O–H groups in total. The van der Waals surface area contributed by atoms with Crippen LogP contribution in [0.25, 0.3) is 11.5 Å². The van der Waals surface area contributed by atoms with Gasteiger partial charge < -0.3 is 9.72 Å². The largest absolute Gasteiger partial charge is 0.378 e. The Hall–Kier alpha value is -1.59. The van der Waals surface area contributed by atoms with Gasteiger partial charge in [-0.1, -0.05) is 12.2 Å². The summed E-state index contributed by atoms with van der Waals surface area (Å²) in [7, 11) is 1.64. The molecule has 2 rings (SSSR count). The third-order valence-corrected chi connectivity index (χ3v) is 2.47. The van der Waals surface area contributed by atoms with Crippen LogP contribution in [0.5, 0.6) is 0 Å².